The summed E-state index contributed by atoms with van der Waals surface area (Å²) in [5.74, 6) is 0.484. The van der Waals surface area contributed by atoms with Gasteiger partial charge in [0.2, 0.25) is 0 Å². The van der Waals surface area contributed by atoms with Crippen molar-refractivity contribution in [3.05, 3.63) is 12.7 Å². The number of unbranched alkanes of at least 4 members (excludes halogenated alkanes) is 3. The molecule has 19 heavy (non-hydrogen) atoms. The predicted octanol–water partition coefficient (Wildman–Crippen LogP) is 4.35. The maximum atomic E-state index is 12.7. The van der Waals surface area contributed by atoms with Crippen molar-refractivity contribution in [2.24, 2.45) is 0 Å². The fraction of sp³-hybridized carbons (Fsp3) is 0.824. The van der Waals surface area contributed by atoms with Crippen molar-refractivity contribution in [2.75, 3.05) is 13.1 Å². The number of allylic oxidation sites excluding steroid dienone is 1. The molecule has 0 atom stereocenters. The first kappa shape index (κ1) is 16.4. The molecule has 1 aliphatic rings. The van der Waals surface area contributed by atoms with Crippen molar-refractivity contribution in [3.8, 4) is 0 Å². The van der Waals surface area contributed by atoms with Crippen LogP contribution >= 0.6 is 0 Å². The van der Waals surface area contributed by atoms with Gasteiger partial charge >= 0.3 is 0 Å². The number of hydrogen-bond acceptors (Lipinski definition) is 2. The van der Waals surface area contributed by atoms with E-state index >= 15 is 0 Å². The number of carbonyl (C=O) groups is 1. The number of carbonyl (C=O) groups excluding carboxylic acids is 1. The molecule has 0 aromatic carbocycles. The quantitative estimate of drug-likeness (QED) is 0.432. The van der Waals surface area contributed by atoms with Gasteiger partial charge in [0.1, 0.15) is 0 Å². The van der Waals surface area contributed by atoms with Crippen LogP contribution in [0.5, 0.6) is 0 Å². The average Bonchev–Trinajstić information content (AvgIpc) is 2.95. The van der Waals surface area contributed by atoms with E-state index in [0.29, 0.717) is 5.78 Å². The van der Waals surface area contributed by atoms with Gasteiger partial charge in [-0.3, -0.25) is 9.69 Å². The molecule has 0 unspecified atom stereocenters. The number of hydrogen-bond donors (Lipinski definition) is 0. The number of ketones is 1. The zero-order chi connectivity index (χ0) is 14.1. The van der Waals surface area contributed by atoms with E-state index < -0.39 is 0 Å². The van der Waals surface area contributed by atoms with Crippen molar-refractivity contribution in [1.82, 2.24) is 4.90 Å². The maximum absolute atomic E-state index is 12.7. The second-order valence-corrected chi connectivity index (χ2v) is 5.74. The Morgan fingerprint density at radius 3 is 2.32 bits per heavy atom. The van der Waals surface area contributed by atoms with Gasteiger partial charge in [-0.15, -0.1) is 6.58 Å². The van der Waals surface area contributed by atoms with Gasteiger partial charge in [-0.05, 0) is 58.0 Å². The van der Waals surface area contributed by atoms with Crippen LogP contribution in [-0.2, 0) is 4.79 Å². The summed E-state index contributed by atoms with van der Waals surface area (Å²) in [6.45, 7) is 10.3. The summed E-state index contributed by atoms with van der Waals surface area (Å²) in [7, 11) is 0. The fourth-order valence-electron chi connectivity index (χ4n) is 3.40. The highest BCUT2D eigenvalue weighted by atomic mass is 16.1. The van der Waals surface area contributed by atoms with E-state index in [1.165, 1.54) is 19.3 Å². The van der Waals surface area contributed by atoms with Gasteiger partial charge in [-0.1, -0.05) is 26.3 Å². The van der Waals surface area contributed by atoms with Gasteiger partial charge in [-0.25, -0.2) is 0 Å². The van der Waals surface area contributed by atoms with Gasteiger partial charge in [0.25, 0.3) is 0 Å². The Bertz CT molecular complexity index is 275. The number of likely N-dealkylation sites (tertiary alicyclic amines) is 1. The van der Waals surface area contributed by atoms with Gasteiger partial charge in [0.15, 0.2) is 5.78 Å². The van der Waals surface area contributed by atoms with E-state index in [0.717, 1.165) is 51.6 Å². The third-order valence-electron chi connectivity index (χ3n) is 4.71. The summed E-state index contributed by atoms with van der Waals surface area (Å²) in [6.07, 6.45) is 11.6. The van der Waals surface area contributed by atoms with Gasteiger partial charge in [0, 0.05) is 6.42 Å². The molecule has 1 fully saturated rings. The molecule has 0 spiro atoms. The topological polar surface area (TPSA) is 20.3 Å². The minimum Gasteiger partial charge on any atom is -0.298 e. The van der Waals surface area contributed by atoms with E-state index in [1.54, 1.807) is 0 Å². The first-order valence-electron chi connectivity index (χ1n) is 8.10. The maximum Gasteiger partial charge on any atom is 0.153 e. The molecule has 0 bridgehead atoms. The second-order valence-electron chi connectivity index (χ2n) is 5.74. The summed E-state index contributed by atoms with van der Waals surface area (Å²) < 4.78 is 0. The minimum atomic E-state index is -0.158. The molecule has 2 nitrogen and oxygen atoms in total. The summed E-state index contributed by atoms with van der Waals surface area (Å²) >= 11 is 0. The third-order valence-corrected chi connectivity index (χ3v) is 4.71. The molecule has 0 amide bonds. The Morgan fingerprint density at radius 1 is 1.16 bits per heavy atom. The molecule has 1 saturated heterocycles. The van der Waals surface area contributed by atoms with E-state index in [9.17, 15) is 4.79 Å². The lowest BCUT2D eigenvalue weighted by molar-refractivity contribution is -0.131. The average molecular weight is 265 g/mol. The van der Waals surface area contributed by atoms with Gasteiger partial charge < -0.3 is 0 Å². The van der Waals surface area contributed by atoms with Crippen LogP contribution < -0.4 is 0 Å². The summed E-state index contributed by atoms with van der Waals surface area (Å²) in [4.78, 5) is 15.1. The molecule has 0 saturated carbocycles. The lowest BCUT2D eigenvalue weighted by Gasteiger charge is -2.39. The molecule has 1 rings (SSSR count). The highest BCUT2D eigenvalue weighted by Gasteiger charge is 2.40. The van der Waals surface area contributed by atoms with Crippen LogP contribution in [-0.4, -0.2) is 29.3 Å². The number of rotatable bonds is 10. The standard InChI is InChI=1S/C17H31NO/c1-4-7-8-9-10-13-16(19)17(5-2,6-3)18-14-11-12-15-18/h4H,1,5-15H2,2-3H3. The SMILES string of the molecule is C=CCCCCCC(=O)C(CC)(CC)N1CCCC1. The predicted molar refractivity (Wildman–Crippen MR) is 82.4 cm³/mol. The van der Waals surface area contributed by atoms with E-state index in [-0.39, 0.29) is 5.54 Å². The second kappa shape index (κ2) is 8.52. The molecule has 0 aromatic rings. The van der Waals surface area contributed by atoms with Gasteiger partial charge in [-0.2, -0.15) is 0 Å². The molecule has 0 N–H and O–H groups in total. The molecule has 0 aliphatic carbocycles. The van der Waals surface area contributed by atoms with Gasteiger partial charge in [0.05, 0.1) is 5.54 Å². The number of Topliss-reactive ketones (excluding diaryl/α,β-unsaturated/α-hetero) is 1. The minimum absolute atomic E-state index is 0.158. The highest BCUT2D eigenvalue weighted by molar-refractivity contribution is 5.88. The van der Waals surface area contributed by atoms with Crippen LogP contribution in [0.3, 0.4) is 0 Å². The van der Waals surface area contributed by atoms with Crippen molar-refractivity contribution in [2.45, 2.75) is 77.2 Å². The zero-order valence-corrected chi connectivity index (χ0v) is 12.9. The van der Waals surface area contributed by atoms with E-state index in [2.05, 4.69) is 25.3 Å². The lowest BCUT2D eigenvalue weighted by Crippen LogP contribution is -2.52. The largest absolute Gasteiger partial charge is 0.298 e. The van der Waals surface area contributed by atoms with Crippen LogP contribution in [0.1, 0.15) is 71.6 Å². The Kier molecular flexibility index (Phi) is 7.37. The first-order valence-corrected chi connectivity index (χ1v) is 8.10. The normalized spacial score (nSPS) is 16.7. The Balaban J connectivity index is 2.50. The van der Waals surface area contributed by atoms with Crippen LogP contribution in [0.2, 0.25) is 0 Å². The summed E-state index contributed by atoms with van der Waals surface area (Å²) in [5.41, 5.74) is -0.158. The molecular formula is C17H31NO. The van der Waals surface area contributed by atoms with Crippen molar-refractivity contribution in [1.29, 1.82) is 0 Å². The molecule has 2 heteroatoms. The van der Waals surface area contributed by atoms with Crippen LogP contribution in [0.15, 0.2) is 12.7 Å². The lowest BCUT2D eigenvalue weighted by atomic mass is 9.83. The Morgan fingerprint density at radius 2 is 1.79 bits per heavy atom. The molecule has 0 aromatic heterocycles. The fourth-order valence-corrected chi connectivity index (χ4v) is 3.40. The summed E-state index contributed by atoms with van der Waals surface area (Å²) in [5, 5.41) is 0. The molecule has 1 heterocycles. The van der Waals surface area contributed by atoms with Crippen LogP contribution in [0, 0.1) is 0 Å². The molecule has 110 valence electrons. The van der Waals surface area contributed by atoms with Crippen LogP contribution in [0.25, 0.3) is 0 Å². The first-order chi connectivity index (χ1) is 9.21. The number of nitrogens with zero attached hydrogens (tertiary/aromatic N) is 1. The highest BCUT2D eigenvalue weighted by Crippen LogP contribution is 2.30. The smallest absolute Gasteiger partial charge is 0.153 e. The zero-order valence-electron chi connectivity index (χ0n) is 12.9. The van der Waals surface area contributed by atoms with Crippen molar-refractivity contribution < 1.29 is 4.79 Å². The van der Waals surface area contributed by atoms with E-state index in [4.69, 9.17) is 0 Å². The Hall–Kier alpha value is -0.630. The Labute approximate surface area is 119 Å². The van der Waals surface area contributed by atoms with E-state index in [1.807, 2.05) is 6.08 Å². The molecular weight excluding hydrogens is 234 g/mol. The van der Waals surface area contributed by atoms with Crippen molar-refractivity contribution >= 4 is 5.78 Å². The molecule has 0 radical (unpaired) electrons. The molecule has 1 aliphatic heterocycles. The van der Waals surface area contributed by atoms with Crippen molar-refractivity contribution in [3.63, 3.8) is 0 Å². The third kappa shape index (κ3) is 4.17. The van der Waals surface area contributed by atoms with Crippen LogP contribution in [0.4, 0.5) is 0 Å². The monoisotopic (exact) mass is 265 g/mol. The summed E-state index contributed by atoms with van der Waals surface area (Å²) in [6, 6.07) is 0.